The summed E-state index contributed by atoms with van der Waals surface area (Å²) in [6.07, 6.45) is 2.49. The lowest BCUT2D eigenvalue weighted by Gasteiger charge is -2.20. The molecule has 0 aromatic rings. The zero-order chi connectivity index (χ0) is 13.1. The van der Waals surface area contributed by atoms with E-state index in [-0.39, 0.29) is 28.7 Å². The second kappa shape index (κ2) is 5.73. The Bertz CT molecular complexity index is 366. The molecule has 6 heteroatoms. The molecule has 2 rings (SSSR count). The highest BCUT2D eigenvalue weighted by Crippen LogP contribution is 2.24. The van der Waals surface area contributed by atoms with E-state index in [0.29, 0.717) is 13.0 Å². The molecule has 0 aromatic carbocycles. The van der Waals surface area contributed by atoms with Crippen molar-refractivity contribution in [3.8, 4) is 0 Å². The molecule has 0 spiro atoms. The molecule has 1 unspecified atom stereocenters. The SMILES string of the molecule is CC(=O)SC1CC(=O)N(CC(=O)N2CCCC2)C1. The minimum absolute atomic E-state index is 0.0127. The van der Waals surface area contributed by atoms with Gasteiger partial charge >= 0.3 is 0 Å². The van der Waals surface area contributed by atoms with Crippen LogP contribution in [0.4, 0.5) is 0 Å². The molecule has 2 saturated heterocycles. The normalized spacial score (nSPS) is 23.8. The van der Waals surface area contributed by atoms with Crippen LogP contribution < -0.4 is 0 Å². The first-order valence-corrected chi connectivity index (χ1v) is 7.17. The molecule has 2 fully saturated rings. The maximum absolute atomic E-state index is 11.9. The van der Waals surface area contributed by atoms with Crippen LogP contribution in [0.25, 0.3) is 0 Å². The molecular weight excluding hydrogens is 252 g/mol. The fraction of sp³-hybridized carbons (Fsp3) is 0.750. The van der Waals surface area contributed by atoms with E-state index in [1.807, 2.05) is 4.90 Å². The summed E-state index contributed by atoms with van der Waals surface area (Å²) >= 11 is 1.20. The number of thioether (sulfide) groups is 1. The number of carbonyl (C=O) groups is 3. The van der Waals surface area contributed by atoms with Gasteiger partial charge in [-0.05, 0) is 12.8 Å². The number of nitrogens with zero attached hydrogens (tertiary/aromatic N) is 2. The van der Waals surface area contributed by atoms with Gasteiger partial charge in [0.1, 0.15) is 0 Å². The Kier molecular flexibility index (Phi) is 4.27. The van der Waals surface area contributed by atoms with Crippen molar-refractivity contribution in [2.24, 2.45) is 0 Å². The Morgan fingerprint density at radius 2 is 2.00 bits per heavy atom. The van der Waals surface area contributed by atoms with E-state index in [1.54, 1.807) is 4.90 Å². The molecule has 2 aliphatic rings. The third-order valence-corrected chi connectivity index (χ3v) is 4.28. The van der Waals surface area contributed by atoms with Crippen LogP contribution in [0.15, 0.2) is 0 Å². The molecule has 100 valence electrons. The molecule has 0 aromatic heterocycles. The third kappa shape index (κ3) is 3.25. The van der Waals surface area contributed by atoms with Crippen LogP contribution in [-0.4, -0.2) is 58.2 Å². The van der Waals surface area contributed by atoms with Crippen molar-refractivity contribution in [1.29, 1.82) is 0 Å². The number of hydrogen-bond donors (Lipinski definition) is 0. The van der Waals surface area contributed by atoms with Crippen molar-refractivity contribution in [3.63, 3.8) is 0 Å². The van der Waals surface area contributed by atoms with Crippen LogP contribution in [0.1, 0.15) is 26.2 Å². The molecule has 0 N–H and O–H groups in total. The summed E-state index contributed by atoms with van der Waals surface area (Å²) in [4.78, 5) is 38.1. The van der Waals surface area contributed by atoms with Crippen molar-refractivity contribution in [1.82, 2.24) is 9.80 Å². The lowest BCUT2D eigenvalue weighted by Crippen LogP contribution is -2.39. The monoisotopic (exact) mass is 270 g/mol. The van der Waals surface area contributed by atoms with Gasteiger partial charge in [0, 0.05) is 38.2 Å². The number of rotatable bonds is 3. The Morgan fingerprint density at radius 1 is 1.33 bits per heavy atom. The molecule has 2 aliphatic heterocycles. The molecule has 2 heterocycles. The van der Waals surface area contributed by atoms with Crippen LogP contribution in [0.2, 0.25) is 0 Å². The maximum Gasteiger partial charge on any atom is 0.242 e. The first-order valence-electron chi connectivity index (χ1n) is 6.29. The van der Waals surface area contributed by atoms with Gasteiger partial charge in [-0.2, -0.15) is 0 Å². The first-order chi connectivity index (χ1) is 8.56. The van der Waals surface area contributed by atoms with E-state index < -0.39 is 0 Å². The topological polar surface area (TPSA) is 57.7 Å². The largest absolute Gasteiger partial charge is 0.341 e. The summed E-state index contributed by atoms with van der Waals surface area (Å²) in [6, 6.07) is 0. The van der Waals surface area contributed by atoms with Crippen LogP contribution >= 0.6 is 11.8 Å². The number of carbonyl (C=O) groups excluding carboxylic acids is 3. The minimum Gasteiger partial charge on any atom is -0.341 e. The molecule has 1 atom stereocenters. The van der Waals surface area contributed by atoms with Gasteiger partial charge in [0.05, 0.1) is 6.54 Å². The van der Waals surface area contributed by atoms with E-state index in [9.17, 15) is 14.4 Å². The van der Waals surface area contributed by atoms with Gasteiger partial charge in [0.25, 0.3) is 0 Å². The Morgan fingerprint density at radius 3 is 2.61 bits per heavy atom. The van der Waals surface area contributed by atoms with Crippen molar-refractivity contribution >= 4 is 28.7 Å². The van der Waals surface area contributed by atoms with E-state index in [2.05, 4.69) is 0 Å². The zero-order valence-corrected chi connectivity index (χ0v) is 11.4. The summed E-state index contributed by atoms with van der Waals surface area (Å²) in [5.41, 5.74) is 0. The summed E-state index contributed by atoms with van der Waals surface area (Å²) < 4.78 is 0. The van der Waals surface area contributed by atoms with Gasteiger partial charge in [-0.3, -0.25) is 14.4 Å². The number of hydrogen-bond acceptors (Lipinski definition) is 4. The summed E-state index contributed by atoms with van der Waals surface area (Å²) in [5.74, 6) is 0.0237. The van der Waals surface area contributed by atoms with Gasteiger partial charge in [0.2, 0.25) is 11.8 Å². The van der Waals surface area contributed by atoms with Gasteiger partial charge < -0.3 is 9.80 Å². The van der Waals surface area contributed by atoms with Crippen LogP contribution in [0, 0.1) is 0 Å². The van der Waals surface area contributed by atoms with Crippen LogP contribution in [0.5, 0.6) is 0 Å². The third-order valence-electron chi connectivity index (χ3n) is 3.30. The highest BCUT2D eigenvalue weighted by molar-refractivity contribution is 8.14. The average Bonchev–Trinajstić information content (AvgIpc) is 2.88. The predicted molar refractivity (Wildman–Crippen MR) is 69.1 cm³/mol. The van der Waals surface area contributed by atoms with Crippen LogP contribution in [0.3, 0.4) is 0 Å². The standard InChI is InChI=1S/C12H18N2O3S/c1-9(15)18-10-6-11(16)14(7-10)8-12(17)13-4-2-3-5-13/h10H,2-8H2,1H3. The van der Waals surface area contributed by atoms with E-state index >= 15 is 0 Å². The maximum atomic E-state index is 11.9. The second-order valence-corrected chi connectivity index (χ2v) is 6.28. The Balaban J connectivity index is 1.84. The second-order valence-electron chi connectivity index (χ2n) is 4.80. The highest BCUT2D eigenvalue weighted by Gasteiger charge is 2.33. The van der Waals surface area contributed by atoms with E-state index in [4.69, 9.17) is 0 Å². The molecular formula is C12H18N2O3S. The number of likely N-dealkylation sites (tertiary alicyclic amines) is 2. The molecule has 0 saturated carbocycles. The van der Waals surface area contributed by atoms with Gasteiger partial charge in [0.15, 0.2) is 5.12 Å². The molecule has 2 amide bonds. The first kappa shape index (κ1) is 13.4. The van der Waals surface area contributed by atoms with Crippen molar-refractivity contribution in [2.75, 3.05) is 26.2 Å². The fourth-order valence-electron chi connectivity index (χ4n) is 2.43. The van der Waals surface area contributed by atoms with Crippen LogP contribution in [-0.2, 0) is 14.4 Å². The molecule has 0 aliphatic carbocycles. The Hall–Kier alpha value is -1.04. The molecule has 18 heavy (non-hydrogen) atoms. The van der Waals surface area contributed by atoms with Gasteiger partial charge in [-0.25, -0.2) is 0 Å². The Labute approximate surface area is 111 Å². The molecule has 0 radical (unpaired) electrons. The minimum atomic E-state index is -0.0127. The van der Waals surface area contributed by atoms with Gasteiger partial charge in [-0.1, -0.05) is 11.8 Å². The van der Waals surface area contributed by atoms with Crippen molar-refractivity contribution in [2.45, 2.75) is 31.4 Å². The summed E-state index contributed by atoms with van der Waals surface area (Å²) in [5, 5.41) is 0.0434. The fourth-order valence-corrected chi connectivity index (χ4v) is 3.38. The molecule has 0 bridgehead atoms. The lowest BCUT2D eigenvalue weighted by atomic mass is 10.4. The molecule has 5 nitrogen and oxygen atoms in total. The number of amides is 2. The summed E-state index contributed by atoms with van der Waals surface area (Å²) in [7, 11) is 0. The average molecular weight is 270 g/mol. The van der Waals surface area contributed by atoms with E-state index in [0.717, 1.165) is 25.9 Å². The predicted octanol–water partition coefficient (Wildman–Crippen LogP) is 0.489. The summed E-state index contributed by atoms with van der Waals surface area (Å²) in [6.45, 7) is 3.82. The highest BCUT2D eigenvalue weighted by atomic mass is 32.2. The van der Waals surface area contributed by atoms with Crippen molar-refractivity contribution in [3.05, 3.63) is 0 Å². The quantitative estimate of drug-likeness (QED) is 0.749. The zero-order valence-electron chi connectivity index (χ0n) is 10.6. The van der Waals surface area contributed by atoms with Gasteiger partial charge in [-0.15, -0.1) is 0 Å². The smallest absolute Gasteiger partial charge is 0.242 e. The van der Waals surface area contributed by atoms with E-state index in [1.165, 1.54) is 18.7 Å². The lowest BCUT2D eigenvalue weighted by molar-refractivity contribution is -0.137. The van der Waals surface area contributed by atoms with Crippen molar-refractivity contribution < 1.29 is 14.4 Å².